The first-order valence-corrected chi connectivity index (χ1v) is 6.75. The zero-order valence-corrected chi connectivity index (χ0v) is 9.83. The van der Waals surface area contributed by atoms with E-state index in [4.69, 9.17) is 5.11 Å². The number of aliphatic hydroxyl groups is 1. The van der Waals surface area contributed by atoms with Crippen molar-refractivity contribution in [3.63, 3.8) is 0 Å². The maximum absolute atomic E-state index is 8.98. The Hall–Kier alpha value is -0.0800. The Labute approximate surface area is 93.7 Å². The summed E-state index contributed by atoms with van der Waals surface area (Å²) in [5, 5.41) is 8.98. The minimum Gasteiger partial charge on any atom is -0.395 e. The van der Waals surface area contributed by atoms with Gasteiger partial charge in [0.05, 0.1) is 6.61 Å². The fraction of sp³-hybridized carbons (Fsp3) is 1.00. The molecule has 0 heterocycles. The highest BCUT2D eigenvalue weighted by atomic mass is 16.3. The van der Waals surface area contributed by atoms with Crippen molar-refractivity contribution in [3.05, 3.63) is 0 Å². The minimum absolute atomic E-state index is 0.333. The highest BCUT2D eigenvalue weighted by Crippen LogP contribution is 2.30. The second kappa shape index (κ2) is 5.86. The fourth-order valence-electron chi connectivity index (χ4n) is 2.93. The van der Waals surface area contributed by atoms with Crippen molar-refractivity contribution in [1.29, 1.82) is 0 Å². The zero-order chi connectivity index (χ0) is 10.5. The summed E-state index contributed by atoms with van der Waals surface area (Å²) in [6.07, 6.45) is 11.4. The van der Waals surface area contributed by atoms with E-state index in [9.17, 15) is 0 Å². The summed E-state index contributed by atoms with van der Waals surface area (Å²) in [6.45, 7) is 2.46. The second-order valence-electron chi connectivity index (χ2n) is 5.28. The Kier molecular flexibility index (Phi) is 4.45. The van der Waals surface area contributed by atoms with Crippen LogP contribution in [0.25, 0.3) is 0 Å². The van der Waals surface area contributed by atoms with E-state index in [0.717, 1.165) is 18.5 Å². The van der Waals surface area contributed by atoms with Crippen LogP contribution >= 0.6 is 0 Å². The summed E-state index contributed by atoms with van der Waals surface area (Å²) in [7, 11) is 0. The zero-order valence-electron chi connectivity index (χ0n) is 9.83. The van der Waals surface area contributed by atoms with Crippen LogP contribution < -0.4 is 0 Å². The third-order valence-electron chi connectivity index (χ3n) is 3.98. The van der Waals surface area contributed by atoms with Gasteiger partial charge >= 0.3 is 0 Å². The lowest BCUT2D eigenvalue weighted by molar-refractivity contribution is 0.184. The van der Waals surface area contributed by atoms with Crippen LogP contribution in [0.15, 0.2) is 0 Å². The number of hydrogen-bond donors (Lipinski definition) is 1. The molecule has 0 spiro atoms. The smallest absolute Gasteiger partial charge is 0.0558 e. The van der Waals surface area contributed by atoms with Gasteiger partial charge in [0.1, 0.15) is 0 Å². The van der Waals surface area contributed by atoms with E-state index in [2.05, 4.69) is 4.90 Å². The van der Waals surface area contributed by atoms with E-state index < -0.39 is 0 Å². The van der Waals surface area contributed by atoms with E-state index in [1.54, 1.807) is 0 Å². The summed E-state index contributed by atoms with van der Waals surface area (Å²) in [4.78, 5) is 2.49. The monoisotopic (exact) mass is 211 g/mol. The highest BCUT2D eigenvalue weighted by molar-refractivity contribution is 4.84. The standard InChI is InChI=1S/C13H25NO/c15-11-10-14(13-7-8-13)9-3-6-12-4-1-2-5-12/h12-13,15H,1-11H2. The summed E-state index contributed by atoms with van der Waals surface area (Å²) >= 11 is 0. The van der Waals surface area contributed by atoms with Gasteiger partial charge in [-0.15, -0.1) is 0 Å². The maximum Gasteiger partial charge on any atom is 0.0558 e. The van der Waals surface area contributed by atoms with Gasteiger partial charge in [0.2, 0.25) is 0 Å². The molecule has 0 radical (unpaired) electrons. The molecule has 2 fully saturated rings. The molecule has 15 heavy (non-hydrogen) atoms. The molecule has 0 aliphatic heterocycles. The molecule has 2 aliphatic rings. The first-order chi connectivity index (χ1) is 7.40. The van der Waals surface area contributed by atoms with E-state index in [0.29, 0.717) is 6.61 Å². The van der Waals surface area contributed by atoms with Gasteiger partial charge < -0.3 is 5.11 Å². The van der Waals surface area contributed by atoms with Crippen molar-refractivity contribution in [2.75, 3.05) is 19.7 Å². The van der Waals surface area contributed by atoms with Crippen molar-refractivity contribution in [2.45, 2.75) is 57.4 Å². The van der Waals surface area contributed by atoms with Crippen LogP contribution in [-0.2, 0) is 0 Å². The molecule has 2 rings (SSSR count). The molecule has 2 heteroatoms. The Morgan fingerprint density at radius 3 is 2.33 bits per heavy atom. The lowest BCUT2D eigenvalue weighted by Crippen LogP contribution is -2.30. The Morgan fingerprint density at radius 2 is 1.73 bits per heavy atom. The van der Waals surface area contributed by atoms with E-state index in [-0.39, 0.29) is 0 Å². The molecule has 0 unspecified atom stereocenters. The van der Waals surface area contributed by atoms with Crippen molar-refractivity contribution in [1.82, 2.24) is 4.90 Å². The topological polar surface area (TPSA) is 23.5 Å². The van der Waals surface area contributed by atoms with Gasteiger partial charge in [-0.2, -0.15) is 0 Å². The molecule has 1 N–H and O–H groups in total. The quantitative estimate of drug-likeness (QED) is 0.699. The Balaban J connectivity index is 1.57. The predicted molar refractivity (Wildman–Crippen MR) is 62.9 cm³/mol. The lowest BCUT2D eigenvalue weighted by atomic mass is 10.0. The van der Waals surface area contributed by atoms with Crippen LogP contribution in [0, 0.1) is 5.92 Å². The van der Waals surface area contributed by atoms with E-state index in [1.165, 1.54) is 57.9 Å². The minimum atomic E-state index is 0.333. The summed E-state index contributed by atoms with van der Waals surface area (Å²) in [6, 6.07) is 0.820. The molecule has 2 nitrogen and oxygen atoms in total. The van der Waals surface area contributed by atoms with Crippen LogP contribution in [0.3, 0.4) is 0 Å². The number of nitrogens with zero attached hydrogens (tertiary/aromatic N) is 1. The third kappa shape index (κ3) is 3.76. The molecular weight excluding hydrogens is 186 g/mol. The molecule has 0 aromatic carbocycles. The number of aliphatic hydroxyl groups excluding tert-OH is 1. The molecule has 88 valence electrons. The number of rotatable bonds is 7. The number of hydrogen-bond acceptors (Lipinski definition) is 2. The van der Waals surface area contributed by atoms with Gasteiger partial charge in [-0.1, -0.05) is 25.7 Å². The van der Waals surface area contributed by atoms with Crippen molar-refractivity contribution in [2.24, 2.45) is 5.92 Å². The normalized spacial score (nSPS) is 22.8. The van der Waals surface area contributed by atoms with Gasteiger partial charge in [-0.25, -0.2) is 0 Å². The van der Waals surface area contributed by atoms with Crippen LogP contribution in [-0.4, -0.2) is 35.7 Å². The van der Waals surface area contributed by atoms with E-state index in [1.807, 2.05) is 0 Å². The van der Waals surface area contributed by atoms with Crippen LogP contribution in [0.2, 0.25) is 0 Å². The summed E-state index contributed by atoms with van der Waals surface area (Å²) in [5.41, 5.74) is 0. The SMILES string of the molecule is OCCN(CCCC1CCCC1)C1CC1. The first-order valence-electron chi connectivity index (χ1n) is 6.75. The van der Waals surface area contributed by atoms with Gasteiger partial charge in [0.15, 0.2) is 0 Å². The van der Waals surface area contributed by atoms with Gasteiger partial charge in [-0.3, -0.25) is 4.90 Å². The average molecular weight is 211 g/mol. The molecule has 0 aromatic rings. The van der Waals surface area contributed by atoms with Gasteiger partial charge in [0.25, 0.3) is 0 Å². The molecule has 0 saturated heterocycles. The van der Waals surface area contributed by atoms with Crippen LogP contribution in [0.4, 0.5) is 0 Å². The molecule has 0 bridgehead atoms. The molecule has 0 amide bonds. The summed E-state index contributed by atoms with van der Waals surface area (Å²) in [5.74, 6) is 1.03. The average Bonchev–Trinajstić information content (AvgIpc) is 2.96. The molecular formula is C13H25NO. The fourth-order valence-corrected chi connectivity index (χ4v) is 2.93. The highest BCUT2D eigenvalue weighted by Gasteiger charge is 2.28. The van der Waals surface area contributed by atoms with Crippen LogP contribution in [0.1, 0.15) is 51.4 Å². The summed E-state index contributed by atoms with van der Waals surface area (Å²) < 4.78 is 0. The third-order valence-corrected chi connectivity index (χ3v) is 3.98. The lowest BCUT2D eigenvalue weighted by Gasteiger charge is -2.21. The van der Waals surface area contributed by atoms with Gasteiger partial charge in [0, 0.05) is 12.6 Å². The molecule has 0 atom stereocenters. The van der Waals surface area contributed by atoms with Crippen molar-refractivity contribution in [3.8, 4) is 0 Å². The molecule has 2 saturated carbocycles. The maximum atomic E-state index is 8.98. The second-order valence-corrected chi connectivity index (χ2v) is 5.28. The Bertz CT molecular complexity index is 173. The van der Waals surface area contributed by atoms with E-state index >= 15 is 0 Å². The van der Waals surface area contributed by atoms with Crippen LogP contribution in [0.5, 0.6) is 0 Å². The van der Waals surface area contributed by atoms with Crippen molar-refractivity contribution < 1.29 is 5.11 Å². The predicted octanol–water partition coefficient (Wildman–Crippen LogP) is 2.41. The molecule has 2 aliphatic carbocycles. The first kappa shape index (κ1) is 11.4. The molecule has 0 aromatic heterocycles. The Morgan fingerprint density at radius 1 is 1.00 bits per heavy atom. The largest absolute Gasteiger partial charge is 0.395 e. The van der Waals surface area contributed by atoms with Crippen molar-refractivity contribution >= 4 is 0 Å². The van der Waals surface area contributed by atoms with Gasteiger partial charge in [-0.05, 0) is 38.1 Å².